The summed E-state index contributed by atoms with van der Waals surface area (Å²) in [6.07, 6.45) is 0.511. The molecule has 2 atom stereocenters. The van der Waals surface area contributed by atoms with Crippen LogP contribution in [0.25, 0.3) is 0 Å². The van der Waals surface area contributed by atoms with Crippen molar-refractivity contribution in [3.8, 4) is 0 Å². The highest BCUT2D eigenvalue weighted by Gasteiger charge is 2.54. The number of carboxylic acids is 1. The number of amides is 2. The molecule has 1 aromatic heterocycles. The SMILES string of the molecule is O=C(Cc1cccs1)NC1C(=O)N2C(C(=O)O)=C(CC(=S)c3ccccc3)CS[C@H]12. The van der Waals surface area contributed by atoms with Crippen LogP contribution in [0.3, 0.4) is 0 Å². The van der Waals surface area contributed by atoms with Crippen molar-refractivity contribution in [1.82, 2.24) is 10.2 Å². The van der Waals surface area contributed by atoms with Gasteiger partial charge in [-0.2, -0.15) is 0 Å². The topological polar surface area (TPSA) is 86.7 Å². The van der Waals surface area contributed by atoms with Gasteiger partial charge in [-0.25, -0.2) is 4.79 Å². The Morgan fingerprint density at radius 1 is 1.17 bits per heavy atom. The number of rotatable bonds is 7. The molecule has 1 aromatic carbocycles. The van der Waals surface area contributed by atoms with Crippen LogP contribution in [0, 0.1) is 0 Å². The molecule has 2 N–H and O–H groups in total. The van der Waals surface area contributed by atoms with Gasteiger partial charge in [-0.15, -0.1) is 23.1 Å². The van der Waals surface area contributed by atoms with Crippen molar-refractivity contribution in [2.45, 2.75) is 24.3 Å². The molecule has 2 amide bonds. The number of hydrogen-bond donors (Lipinski definition) is 2. The molecule has 9 heteroatoms. The van der Waals surface area contributed by atoms with Crippen molar-refractivity contribution in [1.29, 1.82) is 0 Å². The van der Waals surface area contributed by atoms with E-state index in [1.165, 1.54) is 28.0 Å². The van der Waals surface area contributed by atoms with Crippen LogP contribution >= 0.6 is 35.3 Å². The fourth-order valence-corrected chi connectivity index (χ4v) is 5.89. The molecular weight excluding hydrogens is 440 g/mol. The van der Waals surface area contributed by atoms with Crippen LogP contribution in [0.15, 0.2) is 59.1 Å². The highest BCUT2D eigenvalue weighted by Crippen LogP contribution is 2.41. The molecule has 154 valence electrons. The van der Waals surface area contributed by atoms with E-state index in [-0.39, 0.29) is 18.0 Å². The number of nitrogens with one attached hydrogen (secondary N) is 1. The minimum absolute atomic E-state index is 0.00853. The molecule has 3 heterocycles. The number of β-lactam (4-membered cyclic amide) rings is 1. The summed E-state index contributed by atoms with van der Waals surface area (Å²) in [4.78, 5) is 39.8. The number of carboxylic acid groups (broad SMARTS) is 1. The lowest BCUT2D eigenvalue weighted by atomic mass is 9.98. The molecule has 1 saturated heterocycles. The zero-order valence-corrected chi connectivity index (χ0v) is 18.2. The molecule has 2 aliphatic rings. The Labute approximate surface area is 187 Å². The molecule has 1 fully saturated rings. The lowest BCUT2D eigenvalue weighted by Crippen LogP contribution is -2.70. The Morgan fingerprint density at radius 3 is 2.60 bits per heavy atom. The smallest absolute Gasteiger partial charge is 0.352 e. The van der Waals surface area contributed by atoms with E-state index in [1.54, 1.807) is 0 Å². The Bertz CT molecular complexity index is 1030. The third kappa shape index (κ3) is 4.05. The molecule has 1 unspecified atom stereocenters. The van der Waals surface area contributed by atoms with Gasteiger partial charge in [0.15, 0.2) is 0 Å². The van der Waals surface area contributed by atoms with Gasteiger partial charge >= 0.3 is 5.97 Å². The van der Waals surface area contributed by atoms with E-state index in [0.29, 0.717) is 22.6 Å². The third-order valence-electron chi connectivity index (χ3n) is 4.95. The molecule has 2 aliphatic heterocycles. The van der Waals surface area contributed by atoms with Gasteiger partial charge in [-0.1, -0.05) is 48.6 Å². The van der Waals surface area contributed by atoms with Gasteiger partial charge in [-0.3, -0.25) is 14.5 Å². The van der Waals surface area contributed by atoms with Gasteiger partial charge in [-0.05, 0) is 22.6 Å². The zero-order chi connectivity index (χ0) is 21.3. The highest BCUT2D eigenvalue weighted by molar-refractivity contribution is 8.00. The van der Waals surface area contributed by atoms with Crippen molar-refractivity contribution in [3.05, 3.63) is 69.6 Å². The fraction of sp³-hybridized carbons (Fsp3) is 0.238. The van der Waals surface area contributed by atoms with Crippen molar-refractivity contribution in [2.75, 3.05) is 5.75 Å². The summed E-state index contributed by atoms with van der Waals surface area (Å²) in [6.45, 7) is 0. The van der Waals surface area contributed by atoms with E-state index in [1.807, 2.05) is 47.8 Å². The van der Waals surface area contributed by atoms with Crippen LogP contribution in [0.4, 0.5) is 0 Å². The minimum Gasteiger partial charge on any atom is -0.477 e. The van der Waals surface area contributed by atoms with Gasteiger partial charge in [0.25, 0.3) is 5.91 Å². The fourth-order valence-electron chi connectivity index (χ4n) is 3.53. The van der Waals surface area contributed by atoms with Gasteiger partial charge in [0, 0.05) is 21.9 Å². The summed E-state index contributed by atoms with van der Waals surface area (Å²) in [7, 11) is 0. The predicted molar refractivity (Wildman–Crippen MR) is 120 cm³/mol. The van der Waals surface area contributed by atoms with E-state index in [9.17, 15) is 19.5 Å². The number of thiophene rings is 1. The average molecular weight is 459 g/mol. The number of carbonyl (C=O) groups excluding carboxylic acids is 2. The molecule has 0 aliphatic carbocycles. The first-order valence-electron chi connectivity index (χ1n) is 9.25. The van der Waals surface area contributed by atoms with E-state index in [4.69, 9.17) is 12.2 Å². The molecule has 0 radical (unpaired) electrons. The van der Waals surface area contributed by atoms with Crippen molar-refractivity contribution >= 4 is 58.0 Å². The molecule has 0 bridgehead atoms. The zero-order valence-electron chi connectivity index (χ0n) is 15.7. The van der Waals surface area contributed by atoms with Crippen LogP contribution < -0.4 is 5.32 Å². The third-order valence-corrected chi connectivity index (χ3v) is 7.55. The standard InChI is InChI=1S/C21H18N2O4S3/c24-16(10-14-7-4-8-29-14)22-17-19(25)23-18(21(26)27)13(11-30-20(17)23)9-15(28)12-5-2-1-3-6-12/h1-8,17,20H,9-11H2,(H,22,24)(H,26,27)/t17?,20-/m1/s1. The van der Waals surface area contributed by atoms with Gasteiger partial charge < -0.3 is 10.4 Å². The first-order valence-corrected chi connectivity index (χ1v) is 11.6. The van der Waals surface area contributed by atoms with Crippen LogP contribution in [0.5, 0.6) is 0 Å². The van der Waals surface area contributed by atoms with E-state index in [0.717, 1.165) is 10.4 Å². The molecular formula is C21H18N2O4S3. The predicted octanol–water partition coefficient (Wildman–Crippen LogP) is 2.84. The Balaban J connectivity index is 1.48. The van der Waals surface area contributed by atoms with Crippen LogP contribution in [-0.4, -0.2) is 49.8 Å². The Morgan fingerprint density at radius 2 is 1.93 bits per heavy atom. The van der Waals surface area contributed by atoms with E-state index >= 15 is 0 Å². The molecule has 30 heavy (non-hydrogen) atoms. The van der Waals surface area contributed by atoms with Crippen molar-refractivity contribution < 1.29 is 19.5 Å². The summed E-state index contributed by atoms with van der Waals surface area (Å²) in [5.41, 5.74) is 1.48. The highest BCUT2D eigenvalue weighted by atomic mass is 32.2. The Kier molecular flexibility index (Phi) is 6.03. The number of hydrogen-bond acceptors (Lipinski definition) is 6. The number of thioether (sulfide) groups is 1. The summed E-state index contributed by atoms with van der Waals surface area (Å²) in [5, 5.41) is 14.0. The molecule has 0 saturated carbocycles. The van der Waals surface area contributed by atoms with Gasteiger partial charge in [0.05, 0.1) is 6.42 Å². The lowest BCUT2D eigenvalue weighted by Gasteiger charge is -2.49. The molecule has 6 nitrogen and oxygen atoms in total. The monoisotopic (exact) mass is 458 g/mol. The maximum atomic E-state index is 12.7. The first kappa shape index (κ1) is 20.8. The van der Waals surface area contributed by atoms with Crippen molar-refractivity contribution in [2.24, 2.45) is 0 Å². The Hall–Kier alpha value is -2.49. The average Bonchev–Trinajstić information content (AvgIpc) is 3.25. The van der Waals surface area contributed by atoms with Crippen LogP contribution in [0.1, 0.15) is 16.9 Å². The number of aliphatic carboxylic acids is 1. The maximum absolute atomic E-state index is 12.7. The molecule has 0 spiro atoms. The normalized spacial score (nSPS) is 20.4. The van der Waals surface area contributed by atoms with E-state index in [2.05, 4.69) is 5.32 Å². The minimum atomic E-state index is -1.15. The summed E-state index contributed by atoms with van der Waals surface area (Å²) in [5.74, 6) is -1.34. The second kappa shape index (κ2) is 8.71. The number of carbonyl (C=O) groups is 3. The quantitative estimate of drug-likeness (QED) is 0.377. The second-order valence-corrected chi connectivity index (χ2v) is 9.56. The number of fused-ring (bicyclic) bond motifs is 1. The second-order valence-electron chi connectivity index (χ2n) is 6.93. The number of thiocarbonyl (C=S) groups is 1. The first-order chi connectivity index (χ1) is 14.5. The van der Waals surface area contributed by atoms with Crippen molar-refractivity contribution in [3.63, 3.8) is 0 Å². The summed E-state index contributed by atoms with van der Waals surface area (Å²) < 4.78 is 0. The summed E-state index contributed by atoms with van der Waals surface area (Å²) in [6, 6.07) is 12.4. The largest absolute Gasteiger partial charge is 0.477 e. The number of benzene rings is 1. The van der Waals surface area contributed by atoms with Crippen LogP contribution in [-0.2, 0) is 20.8 Å². The maximum Gasteiger partial charge on any atom is 0.352 e. The van der Waals surface area contributed by atoms with E-state index < -0.39 is 23.3 Å². The number of nitrogens with zero attached hydrogens (tertiary/aromatic N) is 1. The van der Waals surface area contributed by atoms with Gasteiger partial charge in [0.2, 0.25) is 5.91 Å². The summed E-state index contributed by atoms with van der Waals surface area (Å²) >= 11 is 8.43. The molecule has 4 rings (SSSR count). The van der Waals surface area contributed by atoms with Gasteiger partial charge in [0.1, 0.15) is 17.1 Å². The molecule has 2 aromatic rings. The lowest BCUT2D eigenvalue weighted by molar-refractivity contribution is -0.150. The van der Waals surface area contributed by atoms with Crippen LogP contribution in [0.2, 0.25) is 0 Å².